The SMILES string of the molecule is COc1cccc(C(NN)c2ccc(I)c(Cl)c2)c1F. The average Bonchev–Trinajstić information content (AvgIpc) is 2.45. The van der Waals surface area contributed by atoms with Gasteiger partial charge in [0.25, 0.3) is 0 Å². The van der Waals surface area contributed by atoms with E-state index in [0.717, 1.165) is 9.13 Å². The molecule has 20 heavy (non-hydrogen) atoms. The minimum absolute atomic E-state index is 0.180. The molecule has 2 aromatic carbocycles. The van der Waals surface area contributed by atoms with Crippen molar-refractivity contribution < 1.29 is 9.13 Å². The zero-order valence-corrected chi connectivity index (χ0v) is 13.6. The Bertz CT molecular complexity index is 624. The molecule has 2 aromatic rings. The van der Waals surface area contributed by atoms with Gasteiger partial charge in [-0.05, 0) is 46.4 Å². The molecule has 0 fully saturated rings. The second-order valence-electron chi connectivity index (χ2n) is 4.14. The minimum atomic E-state index is -0.500. The Morgan fingerprint density at radius 3 is 2.70 bits per heavy atom. The van der Waals surface area contributed by atoms with Gasteiger partial charge >= 0.3 is 0 Å². The molecule has 0 aromatic heterocycles. The van der Waals surface area contributed by atoms with Crippen molar-refractivity contribution in [1.29, 1.82) is 0 Å². The Morgan fingerprint density at radius 2 is 2.10 bits per heavy atom. The van der Waals surface area contributed by atoms with E-state index in [1.165, 1.54) is 7.11 Å². The molecule has 0 saturated heterocycles. The van der Waals surface area contributed by atoms with E-state index in [0.29, 0.717) is 10.6 Å². The zero-order valence-electron chi connectivity index (χ0n) is 10.7. The molecule has 6 heteroatoms. The van der Waals surface area contributed by atoms with Gasteiger partial charge in [-0.15, -0.1) is 0 Å². The van der Waals surface area contributed by atoms with Gasteiger partial charge in [-0.1, -0.05) is 29.8 Å². The molecule has 0 amide bonds. The molecule has 0 aliphatic carbocycles. The van der Waals surface area contributed by atoms with Gasteiger partial charge in [0, 0.05) is 9.13 Å². The maximum atomic E-state index is 14.3. The highest BCUT2D eigenvalue weighted by Crippen LogP contribution is 2.31. The Kier molecular flexibility index (Phi) is 5.20. The number of hydrogen-bond donors (Lipinski definition) is 2. The maximum Gasteiger partial charge on any atom is 0.170 e. The molecule has 0 radical (unpaired) electrons. The first-order chi connectivity index (χ1) is 9.58. The Labute approximate surface area is 135 Å². The van der Waals surface area contributed by atoms with Crippen molar-refractivity contribution in [3.8, 4) is 5.75 Å². The Balaban J connectivity index is 2.49. The average molecular weight is 407 g/mol. The van der Waals surface area contributed by atoms with Crippen LogP contribution in [0.5, 0.6) is 5.75 Å². The van der Waals surface area contributed by atoms with Crippen molar-refractivity contribution in [2.75, 3.05) is 7.11 Å². The van der Waals surface area contributed by atoms with Crippen molar-refractivity contribution in [2.45, 2.75) is 6.04 Å². The predicted octanol–water partition coefficient (Wildman–Crippen LogP) is 3.65. The van der Waals surface area contributed by atoms with Gasteiger partial charge in [-0.25, -0.2) is 9.82 Å². The summed E-state index contributed by atoms with van der Waals surface area (Å²) in [5.41, 5.74) is 3.81. The van der Waals surface area contributed by atoms with Crippen molar-refractivity contribution in [3.05, 3.63) is 61.9 Å². The third kappa shape index (κ3) is 3.06. The minimum Gasteiger partial charge on any atom is -0.494 e. The summed E-state index contributed by atoms with van der Waals surface area (Å²) in [5, 5.41) is 0.603. The molecular weight excluding hydrogens is 394 g/mol. The molecule has 0 heterocycles. The van der Waals surface area contributed by atoms with Crippen LogP contribution < -0.4 is 16.0 Å². The second kappa shape index (κ2) is 6.71. The van der Waals surface area contributed by atoms with E-state index in [2.05, 4.69) is 28.0 Å². The number of nitrogens with one attached hydrogen (secondary N) is 1. The lowest BCUT2D eigenvalue weighted by Gasteiger charge is -2.19. The summed E-state index contributed by atoms with van der Waals surface area (Å²) < 4.78 is 20.2. The third-order valence-corrected chi connectivity index (χ3v) is 4.54. The van der Waals surface area contributed by atoms with Crippen molar-refractivity contribution in [1.82, 2.24) is 5.43 Å². The van der Waals surface area contributed by atoms with E-state index < -0.39 is 11.9 Å². The van der Waals surface area contributed by atoms with Crippen LogP contribution in [0.2, 0.25) is 5.02 Å². The summed E-state index contributed by atoms with van der Waals surface area (Å²) in [6, 6.07) is 9.93. The smallest absolute Gasteiger partial charge is 0.170 e. The van der Waals surface area contributed by atoms with Gasteiger partial charge in [-0.2, -0.15) is 0 Å². The summed E-state index contributed by atoms with van der Waals surface area (Å²) in [4.78, 5) is 0. The van der Waals surface area contributed by atoms with E-state index in [1.54, 1.807) is 24.3 Å². The lowest BCUT2D eigenvalue weighted by Crippen LogP contribution is -2.29. The molecule has 1 atom stereocenters. The van der Waals surface area contributed by atoms with Crippen LogP contribution in [0.3, 0.4) is 0 Å². The van der Waals surface area contributed by atoms with Crippen LogP contribution in [-0.4, -0.2) is 7.11 Å². The van der Waals surface area contributed by atoms with Crippen LogP contribution in [-0.2, 0) is 0 Å². The van der Waals surface area contributed by atoms with Crippen LogP contribution in [0.15, 0.2) is 36.4 Å². The second-order valence-corrected chi connectivity index (χ2v) is 5.71. The zero-order chi connectivity index (χ0) is 14.7. The van der Waals surface area contributed by atoms with Crippen molar-refractivity contribution in [3.63, 3.8) is 0 Å². The van der Waals surface area contributed by atoms with Crippen LogP contribution in [0.25, 0.3) is 0 Å². The predicted molar refractivity (Wildman–Crippen MR) is 86.3 cm³/mol. The molecule has 0 aliphatic rings. The van der Waals surface area contributed by atoms with E-state index in [-0.39, 0.29) is 5.75 Å². The van der Waals surface area contributed by atoms with Crippen LogP contribution >= 0.6 is 34.2 Å². The quantitative estimate of drug-likeness (QED) is 0.463. The molecule has 0 saturated carbocycles. The molecular formula is C14H13ClFIN2O. The number of hydrazine groups is 1. The van der Waals surface area contributed by atoms with Crippen LogP contribution in [0, 0.1) is 9.39 Å². The number of rotatable bonds is 4. The monoisotopic (exact) mass is 406 g/mol. The maximum absolute atomic E-state index is 14.3. The Hall–Kier alpha value is -0.890. The highest BCUT2D eigenvalue weighted by molar-refractivity contribution is 14.1. The number of halogens is 3. The number of benzene rings is 2. The first-order valence-corrected chi connectivity index (χ1v) is 7.27. The van der Waals surface area contributed by atoms with E-state index in [4.69, 9.17) is 22.2 Å². The first-order valence-electron chi connectivity index (χ1n) is 5.82. The van der Waals surface area contributed by atoms with Gasteiger partial charge in [0.05, 0.1) is 18.2 Å². The van der Waals surface area contributed by atoms with Gasteiger partial charge in [0.1, 0.15) is 0 Å². The molecule has 1 unspecified atom stereocenters. The first kappa shape index (κ1) is 15.5. The Morgan fingerprint density at radius 1 is 1.35 bits per heavy atom. The lowest BCUT2D eigenvalue weighted by atomic mass is 9.98. The van der Waals surface area contributed by atoms with Gasteiger partial charge in [-0.3, -0.25) is 5.84 Å². The molecule has 0 bridgehead atoms. The standard InChI is InChI=1S/C14H13ClFIN2O/c1-20-12-4-2-3-9(13(12)16)14(19-18)8-5-6-11(17)10(15)7-8/h2-7,14,19H,18H2,1H3. The highest BCUT2D eigenvalue weighted by atomic mass is 127. The van der Waals surface area contributed by atoms with E-state index in [9.17, 15) is 4.39 Å². The van der Waals surface area contributed by atoms with Crippen LogP contribution in [0.4, 0.5) is 4.39 Å². The summed E-state index contributed by atoms with van der Waals surface area (Å²) in [5.74, 6) is 5.33. The molecule has 106 valence electrons. The normalized spacial score (nSPS) is 12.2. The van der Waals surface area contributed by atoms with E-state index >= 15 is 0 Å². The van der Waals surface area contributed by atoms with Crippen LogP contribution in [0.1, 0.15) is 17.2 Å². The fourth-order valence-corrected chi connectivity index (χ4v) is 2.49. The highest BCUT2D eigenvalue weighted by Gasteiger charge is 2.19. The van der Waals surface area contributed by atoms with Crippen molar-refractivity contribution in [2.24, 2.45) is 5.84 Å². The topological polar surface area (TPSA) is 47.3 Å². The molecule has 0 aliphatic heterocycles. The molecule has 2 rings (SSSR count). The molecule has 3 nitrogen and oxygen atoms in total. The lowest BCUT2D eigenvalue weighted by molar-refractivity contribution is 0.381. The molecule has 0 spiro atoms. The molecule has 3 N–H and O–H groups in total. The van der Waals surface area contributed by atoms with Gasteiger partial charge < -0.3 is 4.74 Å². The number of ether oxygens (including phenoxy) is 1. The fourth-order valence-electron chi connectivity index (χ4n) is 1.97. The third-order valence-electron chi connectivity index (χ3n) is 2.97. The summed E-state index contributed by atoms with van der Waals surface area (Å²) in [6.45, 7) is 0. The summed E-state index contributed by atoms with van der Waals surface area (Å²) >= 11 is 8.24. The van der Waals surface area contributed by atoms with Gasteiger partial charge in [0.15, 0.2) is 11.6 Å². The largest absolute Gasteiger partial charge is 0.494 e. The summed E-state index contributed by atoms with van der Waals surface area (Å²) in [6.07, 6.45) is 0. The number of hydrogen-bond acceptors (Lipinski definition) is 3. The summed E-state index contributed by atoms with van der Waals surface area (Å²) in [7, 11) is 1.43. The number of nitrogens with two attached hydrogens (primary N) is 1. The number of methoxy groups -OCH3 is 1. The van der Waals surface area contributed by atoms with Gasteiger partial charge in [0.2, 0.25) is 0 Å². The van der Waals surface area contributed by atoms with E-state index in [1.807, 2.05) is 12.1 Å². The van der Waals surface area contributed by atoms with Crippen molar-refractivity contribution >= 4 is 34.2 Å². The fraction of sp³-hybridized carbons (Fsp3) is 0.143.